The lowest BCUT2D eigenvalue weighted by molar-refractivity contribution is 0.766. The van der Waals surface area contributed by atoms with E-state index in [1.54, 1.807) is 0 Å². The summed E-state index contributed by atoms with van der Waals surface area (Å²) in [6.45, 7) is 11.1. The molecule has 8 heterocycles. The normalized spacial score (nSPS) is 13.9. The Labute approximate surface area is 343 Å². The van der Waals surface area contributed by atoms with Gasteiger partial charge in [0.25, 0.3) is 0 Å². The standard InChI is InChI=1S/C55H40N4/c1-30-26-37-18-22-39(30)47-24-16-35-14-20-41-32(3)28-49(58-53(41)51(35)56-47)34(5)50-29-33(4)42-21-15-36-17-25-48(57-52(36)54(42)59-50)40-23-19-38(27-31(40)2)55(37)45-12-8-6-10-43(45)44-11-7-9-13-46(44)55/h6-29,34H,1-5H3. The second-order valence-corrected chi connectivity index (χ2v) is 16.8. The molecule has 1 aliphatic carbocycles. The summed E-state index contributed by atoms with van der Waals surface area (Å²) in [5.74, 6) is -0.0568. The van der Waals surface area contributed by atoms with Gasteiger partial charge in [-0.15, -0.1) is 0 Å². The fourth-order valence-corrected chi connectivity index (χ4v) is 10.4. The summed E-state index contributed by atoms with van der Waals surface area (Å²) in [6.07, 6.45) is 0. The van der Waals surface area contributed by atoms with Crippen molar-refractivity contribution in [2.75, 3.05) is 0 Å². The maximum Gasteiger partial charge on any atom is 0.0972 e. The Balaban J connectivity index is 1.20. The molecule has 0 saturated heterocycles. The fraction of sp³-hybridized carbons (Fsp3) is 0.127. The van der Waals surface area contributed by atoms with Gasteiger partial charge in [0.1, 0.15) is 0 Å². The van der Waals surface area contributed by atoms with E-state index in [0.29, 0.717) is 0 Å². The number of aryl methyl sites for hydroxylation is 4. The number of rotatable bonds is 0. The van der Waals surface area contributed by atoms with Crippen LogP contribution < -0.4 is 0 Å². The lowest BCUT2D eigenvalue weighted by atomic mass is 9.67. The molecule has 4 aliphatic heterocycles. The van der Waals surface area contributed by atoms with Gasteiger partial charge in [0.15, 0.2) is 0 Å². The van der Waals surface area contributed by atoms with E-state index in [2.05, 4.69) is 180 Å². The molecule has 15 rings (SSSR count). The zero-order valence-electron chi connectivity index (χ0n) is 33.7. The van der Waals surface area contributed by atoms with Crippen molar-refractivity contribution < 1.29 is 0 Å². The molecule has 4 nitrogen and oxygen atoms in total. The van der Waals surface area contributed by atoms with Gasteiger partial charge in [0.05, 0.1) is 50.3 Å². The van der Waals surface area contributed by atoms with E-state index >= 15 is 0 Å². The first-order valence-electron chi connectivity index (χ1n) is 20.6. The molecule has 0 unspecified atom stereocenters. The van der Waals surface area contributed by atoms with Crippen molar-refractivity contribution in [3.63, 3.8) is 0 Å². The lowest BCUT2D eigenvalue weighted by Gasteiger charge is -2.35. The van der Waals surface area contributed by atoms with Crippen molar-refractivity contribution in [2.24, 2.45) is 0 Å². The van der Waals surface area contributed by atoms with Crippen LogP contribution in [0.4, 0.5) is 0 Å². The molecule has 4 heteroatoms. The number of benzene rings is 6. The predicted octanol–water partition coefficient (Wildman–Crippen LogP) is 13.3. The van der Waals surface area contributed by atoms with Gasteiger partial charge < -0.3 is 0 Å². The average Bonchev–Trinajstić information content (AvgIpc) is 3.56. The highest BCUT2D eigenvalue weighted by Crippen LogP contribution is 2.56. The topological polar surface area (TPSA) is 51.6 Å². The highest BCUT2D eigenvalue weighted by atomic mass is 14.8. The average molecular weight is 757 g/mol. The summed E-state index contributed by atoms with van der Waals surface area (Å²) in [5.41, 5.74) is 21.6. The maximum absolute atomic E-state index is 5.44. The van der Waals surface area contributed by atoms with Crippen LogP contribution in [0.5, 0.6) is 0 Å². The molecule has 12 bridgehead atoms. The molecule has 10 aromatic rings. The number of hydrogen-bond acceptors (Lipinski definition) is 4. The molecule has 280 valence electrons. The van der Waals surface area contributed by atoms with E-state index < -0.39 is 5.41 Å². The number of fused-ring (bicyclic) bond motifs is 3. The highest BCUT2D eigenvalue weighted by Gasteiger charge is 2.46. The lowest BCUT2D eigenvalue weighted by Crippen LogP contribution is -2.29. The SMILES string of the molecule is Cc1cc2ccc1-c1ccc3ccc4c(C)cc(nc4c3n1)C(C)c1cc(C)c3ccc4ccc(nc4c3n1)-c1ccc(cc1C)C21c2ccccc2-c2ccccc21. The molecular formula is C55H40N4. The van der Waals surface area contributed by atoms with Crippen LogP contribution in [0.3, 0.4) is 0 Å². The van der Waals surface area contributed by atoms with E-state index in [-0.39, 0.29) is 5.92 Å². The van der Waals surface area contributed by atoms with Gasteiger partial charge in [-0.2, -0.15) is 0 Å². The number of hydrogen-bond donors (Lipinski definition) is 0. The van der Waals surface area contributed by atoms with Gasteiger partial charge in [-0.05, 0) is 108 Å². The van der Waals surface area contributed by atoms with Crippen molar-refractivity contribution >= 4 is 43.6 Å². The van der Waals surface area contributed by atoms with Gasteiger partial charge in [-0.25, -0.2) is 19.9 Å². The molecule has 0 atom stereocenters. The Morgan fingerprint density at radius 3 is 1.29 bits per heavy atom. The van der Waals surface area contributed by atoms with E-state index in [0.717, 1.165) is 77.5 Å². The van der Waals surface area contributed by atoms with E-state index in [1.807, 2.05) is 0 Å². The summed E-state index contributed by atoms with van der Waals surface area (Å²) < 4.78 is 0. The van der Waals surface area contributed by atoms with Crippen LogP contribution in [0.25, 0.3) is 77.3 Å². The van der Waals surface area contributed by atoms with Crippen molar-refractivity contribution in [1.29, 1.82) is 0 Å². The smallest absolute Gasteiger partial charge is 0.0972 e. The predicted molar refractivity (Wildman–Crippen MR) is 242 cm³/mol. The first-order valence-corrected chi connectivity index (χ1v) is 20.6. The Morgan fingerprint density at radius 2 is 0.831 bits per heavy atom. The number of pyridine rings is 4. The van der Waals surface area contributed by atoms with Crippen LogP contribution in [-0.4, -0.2) is 19.9 Å². The van der Waals surface area contributed by atoms with Crippen LogP contribution in [0.1, 0.15) is 68.7 Å². The minimum absolute atomic E-state index is 0.0568. The van der Waals surface area contributed by atoms with Crippen LogP contribution in [0, 0.1) is 27.7 Å². The van der Waals surface area contributed by atoms with Gasteiger partial charge in [-0.1, -0.05) is 128 Å². The largest absolute Gasteiger partial charge is 0.250 e. The van der Waals surface area contributed by atoms with Gasteiger partial charge in [0.2, 0.25) is 0 Å². The van der Waals surface area contributed by atoms with Crippen molar-refractivity contribution in [3.05, 3.63) is 201 Å². The van der Waals surface area contributed by atoms with Gasteiger partial charge >= 0.3 is 0 Å². The number of aromatic nitrogens is 4. The van der Waals surface area contributed by atoms with Crippen LogP contribution >= 0.6 is 0 Å². The van der Waals surface area contributed by atoms with Crippen molar-refractivity contribution in [1.82, 2.24) is 19.9 Å². The fourth-order valence-electron chi connectivity index (χ4n) is 10.4. The number of nitrogens with zero attached hydrogens (tertiary/aromatic N) is 4. The Bertz CT molecular complexity index is 3240. The molecule has 59 heavy (non-hydrogen) atoms. The van der Waals surface area contributed by atoms with Gasteiger partial charge in [0, 0.05) is 38.6 Å². The van der Waals surface area contributed by atoms with E-state index in [1.165, 1.54) is 55.6 Å². The maximum atomic E-state index is 5.44. The molecule has 4 aromatic heterocycles. The summed E-state index contributed by atoms with van der Waals surface area (Å²) in [4.78, 5) is 21.7. The molecule has 0 saturated carbocycles. The molecule has 0 fully saturated rings. The zero-order valence-corrected chi connectivity index (χ0v) is 33.7. The first-order chi connectivity index (χ1) is 28.8. The van der Waals surface area contributed by atoms with Gasteiger partial charge in [-0.3, -0.25) is 0 Å². The van der Waals surface area contributed by atoms with Crippen molar-refractivity contribution in [3.8, 4) is 33.6 Å². The van der Waals surface area contributed by atoms with E-state index in [9.17, 15) is 0 Å². The zero-order chi connectivity index (χ0) is 39.7. The van der Waals surface area contributed by atoms with Crippen LogP contribution in [-0.2, 0) is 5.41 Å². The minimum atomic E-state index is -0.539. The molecule has 0 radical (unpaired) electrons. The second kappa shape index (κ2) is 12.2. The summed E-state index contributed by atoms with van der Waals surface area (Å²) in [7, 11) is 0. The third-order valence-corrected chi connectivity index (χ3v) is 13.4. The molecule has 5 aliphatic rings. The summed E-state index contributed by atoms with van der Waals surface area (Å²) in [6, 6.07) is 53.9. The highest BCUT2D eigenvalue weighted by molar-refractivity contribution is 6.06. The monoisotopic (exact) mass is 756 g/mol. The molecule has 0 N–H and O–H groups in total. The van der Waals surface area contributed by atoms with Crippen molar-refractivity contribution in [2.45, 2.75) is 46.0 Å². The Kier molecular flexibility index (Phi) is 7.06. The second-order valence-electron chi connectivity index (χ2n) is 16.8. The Morgan fingerprint density at radius 1 is 0.390 bits per heavy atom. The molecule has 0 amide bonds. The first kappa shape index (κ1) is 34.0. The molecule has 6 aromatic carbocycles. The Hall–Kier alpha value is -7.04. The van der Waals surface area contributed by atoms with Crippen LogP contribution in [0.2, 0.25) is 0 Å². The summed E-state index contributed by atoms with van der Waals surface area (Å²) in [5, 5.41) is 4.39. The third kappa shape index (κ3) is 4.71. The quantitative estimate of drug-likeness (QED) is 0.145. The molecule has 1 spiro atoms. The third-order valence-electron chi connectivity index (χ3n) is 13.4. The minimum Gasteiger partial charge on any atom is -0.250 e. The van der Waals surface area contributed by atoms with Crippen LogP contribution in [0.15, 0.2) is 146 Å². The molecular weight excluding hydrogens is 717 g/mol. The summed E-state index contributed by atoms with van der Waals surface area (Å²) >= 11 is 0. The van der Waals surface area contributed by atoms with E-state index in [4.69, 9.17) is 19.9 Å².